The molecule has 3 heterocycles. The van der Waals surface area contributed by atoms with E-state index in [9.17, 15) is 0 Å². The summed E-state index contributed by atoms with van der Waals surface area (Å²) < 4.78 is 5.27. The lowest BCUT2D eigenvalue weighted by molar-refractivity contribution is 0.267. The van der Waals surface area contributed by atoms with Crippen LogP contribution in [0.2, 0.25) is 0 Å². The molecule has 0 radical (unpaired) electrons. The lowest BCUT2D eigenvalue weighted by Crippen LogP contribution is -2.17. The van der Waals surface area contributed by atoms with Crippen molar-refractivity contribution in [2.24, 2.45) is 0 Å². The molecule has 0 aromatic carbocycles. The summed E-state index contributed by atoms with van der Waals surface area (Å²) in [6, 6.07) is 6.55. The maximum Gasteiger partial charge on any atom is 0.150 e. The zero-order valence-corrected chi connectivity index (χ0v) is 13.7. The Bertz CT molecular complexity index is 572. The Morgan fingerprint density at radius 1 is 1.24 bits per heavy atom. The van der Waals surface area contributed by atoms with Crippen molar-refractivity contribution in [3.63, 3.8) is 0 Å². The van der Waals surface area contributed by atoms with Gasteiger partial charge in [0.15, 0.2) is 5.76 Å². The smallest absolute Gasteiger partial charge is 0.150 e. The Morgan fingerprint density at radius 3 is 2.71 bits per heavy atom. The van der Waals surface area contributed by atoms with Crippen molar-refractivity contribution >= 4 is 11.3 Å². The molecule has 1 aliphatic heterocycles. The van der Waals surface area contributed by atoms with Gasteiger partial charge in [0.05, 0.1) is 12.2 Å². The van der Waals surface area contributed by atoms with Gasteiger partial charge in [0.25, 0.3) is 0 Å². The third-order valence-corrected chi connectivity index (χ3v) is 4.88. The molecule has 1 saturated heterocycles. The van der Waals surface area contributed by atoms with E-state index in [0.717, 1.165) is 31.1 Å². The van der Waals surface area contributed by atoms with Gasteiger partial charge in [-0.25, -0.2) is 0 Å². The van der Waals surface area contributed by atoms with E-state index >= 15 is 0 Å². The highest BCUT2D eigenvalue weighted by atomic mass is 32.1. The van der Waals surface area contributed by atoms with Crippen molar-refractivity contribution < 1.29 is 4.52 Å². The van der Waals surface area contributed by atoms with Crippen molar-refractivity contribution in [2.45, 2.75) is 39.4 Å². The first-order chi connectivity index (χ1) is 10.2. The molecule has 2 aromatic heterocycles. The van der Waals surface area contributed by atoms with Crippen molar-refractivity contribution in [1.29, 1.82) is 0 Å². The van der Waals surface area contributed by atoms with Crippen LogP contribution in [0.15, 0.2) is 22.7 Å². The molecular formula is C16H23N3OS. The zero-order valence-electron chi connectivity index (χ0n) is 12.8. The summed E-state index contributed by atoms with van der Waals surface area (Å²) in [4.78, 5) is 7.72. The van der Waals surface area contributed by atoms with Crippen LogP contribution in [-0.2, 0) is 19.6 Å². The largest absolute Gasteiger partial charge is 0.360 e. The number of likely N-dealkylation sites (tertiary alicyclic amines) is 1. The third kappa shape index (κ3) is 4.15. The summed E-state index contributed by atoms with van der Waals surface area (Å²) in [7, 11) is 2.12. The van der Waals surface area contributed by atoms with Crippen LogP contribution >= 0.6 is 11.3 Å². The number of aromatic nitrogens is 1. The Balaban J connectivity index is 1.51. The third-order valence-electron chi connectivity index (χ3n) is 3.82. The minimum atomic E-state index is 0.806. The summed E-state index contributed by atoms with van der Waals surface area (Å²) in [5, 5.41) is 3.93. The molecular weight excluding hydrogens is 282 g/mol. The van der Waals surface area contributed by atoms with Gasteiger partial charge < -0.3 is 4.52 Å². The number of hydrogen-bond donors (Lipinski definition) is 0. The van der Waals surface area contributed by atoms with Crippen molar-refractivity contribution in [1.82, 2.24) is 15.0 Å². The maximum absolute atomic E-state index is 5.27. The first-order valence-electron chi connectivity index (χ1n) is 7.60. The van der Waals surface area contributed by atoms with Crippen molar-refractivity contribution in [3.8, 4) is 0 Å². The standard InChI is InChI=1S/C16H23N3OS/c1-13-9-14(20-17-13)10-18(2)11-15-5-6-16(21-15)12-19-7-3-4-8-19/h5-6,9H,3-4,7-8,10-12H2,1-2H3. The summed E-state index contributed by atoms with van der Waals surface area (Å²) in [6.07, 6.45) is 2.72. The monoisotopic (exact) mass is 305 g/mol. The molecule has 0 N–H and O–H groups in total. The van der Waals surface area contributed by atoms with E-state index in [0.29, 0.717) is 0 Å². The second-order valence-corrected chi connectivity index (χ2v) is 7.21. The molecule has 0 unspecified atom stereocenters. The molecule has 0 saturated carbocycles. The molecule has 5 heteroatoms. The van der Waals surface area contributed by atoms with Gasteiger partial charge in [-0.15, -0.1) is 11.3 Å². The fourth-order valence-corrected chi connectivity index (χ4v) is 3.97. The Kier molecular flexibility index (Phi) is 4.73. The number of thiophene rings is 1. The Morgan fingerprint density at radius 2 is 2.00 bits per heavy atom. The van der Waals surface area contributed by atoms with Gasteiger partial charge in [-0.05, 0) is 52.0 Å². The molecule has 4 nitrogen and oxygen atoms in total. The van der Waals surface area contributed by atoms with E-state index in [1.54, 1.807) is 0 Å². The van der Waals surface area contributed by atoms with Gasteiger partial charge in [-0.1, -0.05) is 5.16 Å². The number of aryl methyl sites for hydroxylation is 1. The van der Waals surface area contributed by atoms with E-state index in [1.165, 1.54) is 35.7 Å². The molecule has 0 bridgehead atoms. The fraction of sp³-hybridized carbons (Fsp3) is 0.562. The zero-order chi connectivity index (χ0) is 14.7. The minimum absolute atomic E-state index is 0.806. The highest BCUT2D eigenvalue weighted by molar-refractivity contribution is 7.11. The summed E-state index contributed by atoms with van der Waals surface area (Å²) in [5.41, 5.74) is 0.947. The van der Waals surface area contributed by atoms with Crippen molar-refractivity contribution in [2.75, 3.05) is 20.1 Å². The van der Waals surface area contributed by atoms with Crippen LogP contribution in [0.5, 0.6) is 0 Å². The van der Waals surface area contributed by atoms with Crippen LogP contribution < -0.4 is 0 Å². The second kappa shape index (κ2) is 6.73. The van der Waals surface area contributed by atoms with Crippen LogP contribution in [0.4, 0.5) is 0 Å². The van der Waals surface area contributed by atoms with Gasteiger partial charge in [-0.2, -0.15) is 0 Å². The summed E-state index contributed by atoms with van der Waals surface area (Å²) in [6.45, 7) is 7.37. The van der Waals surface area contributed by atoms with Crippen LogP contribution in [0.3, 0.4) is 0 Å². The number of rotatable bonds is 6. The van der Waals surface area contributed by atoms with E-state index in [1.807, 2.05) is 24.3 Å². The summed E-state index contributed by atoms with van der Waals surface area (Å²) in [5.74, 6) is 0.934. The van der Waals surface area contributed by atoms with E-state index < -0.39 is 0 Å². The SMILES string of the molecule is Cc1cc(CN(C)Cc2ccc(CN3CCCC3)s2)on1. The molecule has 0 aliphatic carbocycles. The topological polar surface area (TPSA) is 32.5 Å². The first kappa shape index (κ1) is 14.8. The molecule has 0 amide bonds. The summed E-state index contributed by atoms with van der Waals surface area (Å²) >= 11 is 1.93. The minimum Gasteiger partial charge on any atom is -0.360 e. The molecule has 2 aromatic rings. The second-order valence-electron chi connectivity index (χ2n) is 5.96. The van der Waals surface area contributed by atoms with Crippen LogP contribution in [0, 0.1) is 6.92 Å². The lowest BCUT2D eigenvalue weighted by Gasteiger charge is -2.14. The van der Waals surface area contributed by atoms with Gasteiger partial charge in [-0.3, -0.25) is 9.80 Å². The molecule has 0 atom stereocenters. The highest BCUT2D eigenvalue weighted by Crippen LogP contribution is 2.22. The van der Waals surface area contributed by atoms with Crippen LogP contribution in [0.1, 0.15) is 34.1 Å². The van der Waals surface area contributed by atoms with Gasteiger partial charge in [0.2, 0.25) is 0 Å². The fourth-order valence-electron chi connectivity index (χ4n) is 2.83. The molecule has 0 spiro atoms. The molecule has 1 fully saturated rings. The predicted octanol–water partition coefficient (Wildman–Crippen LogP) is 3.27. The molecule has 21 heavy (non-hydrogen) atoms. The molecule has 1 aliphatic rings. The number of nitrogens with zero attached hydrogens (tertiary/aromatic N) is 3. The van der Waals surface area contributed by atoms with Gasteiger partial charge >= 0.3 is 0 Å². The lowest BCUT2D eigenvalue weighted by atomic mass is 10.3. The van der Waals surface area contributed by atoms with Crippen LogP contribution in [0.25, 0.3) is 0 Å². The molecule has 114 valence electrons. The normalized spacial score (nSPS) is 16.1. The van der Waals surface area contributed by atoms with E-state index in [4.69, 9.17) is 4.52 Å². The first-order valence-corrected chi connectivity index (χ1v) is 8.41. The van der Waals surface area contributed by atoms with Crippen LogP contribution in [-0.4, -0.2) is 35.1 Å². The van der Waals surface area contributed by atoms with Crippen molar-refractivity contribution in [3.05, 3.63) is 39.4 Å². The van der Waals surface area contributed by atoms with Gasteiger partial charge in [0.1, 0.15) is 0 Å². The average molecular weight is 305 g/mol. The van der Waals surface area contributed by atoms with E-state index in [2.05, 4.69) is 34.1 Å². The van der Waals surface area contributed by atoms with Gasteiger partial charge in [0, 0.05) is 28.9 Å². The average Bonchev–Trinajstić information content (AvgIpc) is 3.15. The quantitative estimate of drug-likeness (QED) is 0.820. The molecule has 3 rings (SSSR count). The predicted molar refractivity (Wildman–Crippen MR) is 85.2 cm³/mol. The maximum atomic E-state index is 5.27. The Hall–Kier alpha value is -1.17. The highest BCUT2D eigenvalue weighted by Gasteiger charge is 2.13. The van der Waals surface area contributed by atoms with E-state index in [-0.39, 0.29) is 0 Å². The Labute approximate surface area is 130 Å². The number of hydrogen-bond acceptors (Lipinski definition) is 5.